The van der Waals surface area contributed by atoms with Gasteiger partial charge >= 0.3 is 0 Å². The first-order chi connectivity index (χ1) is 12.7. The maximum Gasteiger partial charge on any atom is 0.259 e. The van der Waals surface area contributed by atoms with E-state index in [9.17, 15) is 4.79 Å². The maximum atomic E-state index is 12.1. The SMILES string of the molecule is CCNc1nc(NCC)n2nc(SCC(=O)Nc3ccccc3)nc2n1. The second-order valence-corrected chi connectivity index (χ2v) is 6.18. The molecule has 2 heterocycles. The molecule has 1 amide bonds. The molecule has 0 atom stereocenters. The summed E-state index contributed by atoms with van der Waals surface area (Å²) in [5.74, 6) is 1.56. The Hall–Kier alpha value is -2.88. The van der Waals surface area contributed by atoms with Gasteiger partial charge in [0.25, 0.3) is 5.78 Å². The van der Waals surface area contributed by atoms with Crippen molar-refractivity contribution >= 4 is 41.0 Å². The summed E-state index contributed by atoms with van der Waals surface area (Å²) in [7, 11) is 0. The van der Waals surface area contributed by atoms with Crippen LogP contribution in [0, 0.1) is 0 Å². The molecule has 3 rings (SSSR count). The van der Waals surface area contributed by atoms with Gasteiger partial charge in [0.15, 0.2) is 0 Å². The Morgan fingerprint density at radius 3 is 2.58 bits per heavy atom. The van der Waals surface area contributed by atoms with E-state index >= 15 is 0 Å². The number of hydrogen-bond donors (Lipinski definition) is 3. The molecule has 0 saturated carbocycles. The van der Waals surface area contributed by atoms with Crippen LogP contribution in [0.4, 0.5) is 17.6 Å². The second kappa shape index (κ2) is 8.48. The van der Waals surface area contributed by atoms with Crippen LogP contribution >= 0.6 is 11.8 Å². The fraction of sp³-hybridized carbons (Fsp3) is 0.312. The number of fused-ring (bicyclic) bond motifs is 1. The van der Waals surface area contributed by atoms with Crippen LogP contribution in [0.3, 0.4) is 0 Å². The van der Waals surface area contributed by atoms with Crippen molar-refractivity contribution in [3.63, 3.8) is 0 Å². The number of benzene rings is 1. The van der Waals surface area contributed by atoms with Crippen molar-refractivity contribution in [2.24, 2.45) is 0 Å². The summed E-state index contributed by atoms with van der Waals surface area (Å²) in [5, 5.41) is 13.9. The Morgan fingerprint density at radius 2 is 1.85 bits per heavy atom. The molecule has 26 heavy (non-hydrogen) atoms. The summed E-state index contributed by atoms with van der Waals surface area (Å²) >= 11 is 1.25. The smallest absolute Gasteiger partial charge is 0.259 e. The number of carbonyl (C=O) groups is 1. The third kappa shape index (κ3) is 4.39. The van der Waals surface area contributed by atoms with Crippen molar-refractivity contribution < 1.29 is 4.79 Å². The lowest BCUT2D eigenvalue weighted by Gasteiger charge is -2.06. The summed E-state index contributed by atoms with van der Waals surface area (Å²) in [6, 6.07) is 9.32. The fourth-order valence-corrected chi connectivity index (χ4v) is 2.80. The molecule has 1 aromatic carbocycles. The number of nitrogens with one attached hydrogen (secondary N) is 3. The van der Waals surface area contributed by atoms with E-state index in [1.54, 1.807) is 4.52 Å². The molecule has 3 N–H and O–H groups in total. The normalized spacial score (nSPS) is 10.7. The van der Waals surface area contributed by atoms with Gasteiger partial charge in [-0.25, -0.2) is 0 Å². The van der Waals surface area contributed by atoms with Crippen LogP contribution < -0.4 is 16.0 Å². The zero-order chi connectivity index (χ0) is 18.4. The van der Waals surface area contributed by atoms with Gasteiger partial charge in [-0.1, -0.05) is 30.0 Å². The molecule has 0 aliphatic carbocycles. The molecule has 0 saturated heterocycles. The predicted molar refractivity (Wildman–Crippen MR) is 103 cm³/mol. The van der Waals surface area contributed by atoms with E-state index in [1.807, 2.05) is 44.2 Å². The quantitative estimate of drug-likeness (QED) is 0.516. The van der Waals surface area contributed by atoms with Crippen LogP contribution in [0.15, 0.2) is 35.5 Å². The summed E-state index contributed by atoms with van der Waals surface area (Å²) in [6.45, 7) is 5.34. The standard InChI is InChI=1S/C16H20N8OS/c1-3-17-13-20-14(18-4-2)24-15(21-13)22-16(23-24)26-10-12(25)19-11-8-6-5-7-9-11/h5-9H,3-4,10H2,1-2H3,(H,19,25)(H2,17,18,20,21,22,23). The zero-order valence-electron chi connectivity index (χ0n) is 14.6. The first-order valence-corrected chi connectivity index (χ1v) is 9.28. The molecule has 136 valence electrons. The molecular formula is C16H20N8OS. The van der Waals surface area contributed by atoms with Gasteiger partial charge in [0.05, 0.1) is 5.75 Å². The Bertz CT molecular complexity index is 883. The third-order valence-corrected chi connectivity index (χ3v) is 4.09. The molecule has 0 unspecified atom stereocenters. The number of nitrogens with zero attached hydrogens (tertiary/aromatic N) is 5. The fourth-order valence-electron chi connectivity index (χ4n) is 2.19. The number of anilines is 3. The topological polar surface area (TPSA) is 109 Å². The highest BCUT2D eigenvalue weighted by molar-refractivity contribution is 7.99. The van der Waals surface area contributed by atoms with Crippen molar-refractivity contribution in [1.82, 2.24) is 24.6 Å². The van der Waals surface area contributed by atoms with E-state index < -0.39 is 0 Å². The molecule has 0 aliphatic heterocycles. The van der Waals surface area contributed by atoms with E-state index in [-0.39, 0.29) is 11.7 Å². The number of amides is 1. The average Bonchev–Trinajstić information content (AvgIpc) is 3.05. The minimum atomic E-state index is -0.119. The van der Waals surface area contributed by atoms with Crippen LogP contribution in [-0.4, -0.2) is 49.3 Å². The number of rotatable bonds is 8. The number of para-hydroxylation sites is 1. The molecule has 9 nitrogen and oxygen atoms in total. The van der Waals surface area contributed by atoms with Crippen LogP contribution in [0.5, 0.6) is 0 Å². The monoisotopic (exact) mass is 372 g/mol. The van der Waals surface area contributed by atoms with E-state index in [0.717, 1.165) is 5.69 Å². The first-order valence-electron chi connectivity index (χ1n) is 8.29. The Balaban J connectivity index is 1.71. The minimum Gasteiger partial charge on any atom is -0.354 e. The molecule has 0 fully saturated rings. The van der Waals surface area contributed by atoms with Crippen molar-refractivity contribution in [2.75, 3.05) is 34.8 Å². The summed E-state index contributed by atoms with van der Waals surface area (Å²) in [6.07, 6.45) is 0. The Kier molecular flexibility index (Phi) is 5.84. The van der Waals surface area contributed by atoms with E-state index in [4.69, 9.17) is 0 Å². The molecule has 10 heteroatoms. The number of hydrogen-bond acceptors (Lipinski definition) is 8. The maximum absolute atomic E-state index is 12.1. The van der Waals surface area contributed by atoms with E-state index in [2.05, 4.69) is 36.0 Å². The van der Waals surface area contributed by atoms with Crippen LogP contribution in [0.1, 0.15) is 13.8 Å². The van der Waals surface area contributed by atoms with Gasteiger partial charge in [0.2, 0.25) is 23.0 Å². The minimum absolute atomic E-state index is 0.119. The van der Waals surface area contributed by atoms with Gasteiger partial charge in [0.1, 0.15) is 0 Å². The van der Waals surface area contributed by atoms with Crippen molar-refractivity contribution in [2.45, 2.75) is 19.0 Å². The van der Waals surface area contributed by atoms with E-state index in [0.29, 0.717) is 35.9 Å². The number of thioether (sulfide) groups is 1. The Morgan fingerprint density at radius 1 is 1.08 bits per heavy atom. The van der Waals surface area contributed by atoms with Crippen LogP contribution in [0.2, 0.25) is 0 Å². The lowest BCUT2D eigenvalue weighted by atomic mass is 10.3. The zero-order valence-corrected chi connectivity index (χ0v) is 15.4. The van der Waals surface area contributed by atoms with Crippen molar-refractivity contribution in [3.8, 4) is 0 Å². The second-order valence-electron chi connectivity index (χ2n) is 5.24. The molecule has 0 bridgehead atoms. The van der Waals surface area contributed by atoms with Crippen LogP contribution in [0.25, 0.3) is 5.78 Å². The van der Waals surface area contributed by atoms with Crippen molar-refractivity contribution in [1.29, 1.82) is 0 Å². The highest BCUT2D eigenvalue weighted by atomic mass is 32.2. The van der Waals surface area contributed by atoms with Gasteiger partial charge in [-0.05, 0) is 26.0 Å². The summed E-state index contributed by atoms with van der Waals surface area (Å²) in [5.41, 5.74) is 0.761. The van der Waals surface area contributed by atoms with Gasteiger partial charge in [-0.2, -0.15) is 19.5 Å². The highest BCUT2D eigenvalue weighted by Crippen LogP contribution is 2.17. The van der Waals surface area contributed by atoms with Gasteiger partial charge in [-0.15, -0.1) is 5.10 Å². The van der Waals surface area contributed by atoms with E-state index in [1.165, 1.54) is 11.8 Å². The predicted octanol–water partition coefficient (Wildman–Crippen LogP) is 2.11. The molecular weight excluding hydrogens is 352 g/mol. The summed E-state index contributed by atoms with van der Waals surface area (Å²) in [4.78, 5) is 25.2. The van der Waals surface area contributed by atoms with Gasteiger partial charge in [-0.3, -0.25) is 4.79 Å². The highest BCUT2D eigenvalue weighted by Gasteiger charge is 2.13. The largest absolute Gasteiger partial charge is 0.354 e. The van der Waals surface area contributed by atoms with Crippen LogP contribution in [-0.2, 0) is 4.79 Å². The van der Waals surface area contributed by atoms with Gasteiger partial charge < -0.3 is 16.0 Å². The Labute approximate surface area is 155 Å². The first kappa shape index (κ1) is 17.9. The van der Waals surface area contributed by atoms with Gasteiger partial charge in [0, 0.05) is 18.8 Å². The van der Waals surface area contributed by atoms with Crippen molar-refractivity contribution in [3.05, 3.63) is 30.3 Å². The molecule has 2 aromatic heterocycles. The molecule has 0 aliphatic rings. The molecule has 3 aromatic rings. The number of carbonyl (C=O) groups excluding carboxylic acids is 1. The lowest BCUT2D eigenvalue weighted by Crippen LogP contribution is -2.14. The molecule has 0 radical (unpaired) electrons. The lowest BCUT2D eigenvalue weighted by molar-refractivity contribution is -0.113. The summed E-state index contributed by atoms with van der Waals surface area (Å²) < 4.78 is 1.54. The third-order valence-electron chi connectivity index (χ3n) is 3.25. The molecule has 0 spiro atoms. The average molecular weight is 372 g/mol. The number of aromatic nitrogens is 5.